The number of aryl methyl sites for hydroxylation is 1. The maximum atomic E-state index is 3.63. The normalized spacial score (nSPS) is 17.7. The highest BCUT2D eigenvalue weighted by atomic mass is 35.5. The Hall–Kier alpha value is -1.31. The Morgan fingerprint density at radius 2 is 1.61 bits per heavy atom. The molecule has 18 heavy (non-hydrogen) atoms. The van der Waals surface area contributed by atoms with E-state index in [0.717, 1.165) is 13.0 Å². The van der Waals surface area contributed by atoms with Gasteiger partial charge in [-0.2, -0.15) is 0 Å². The van der Waals surface area contributed by atoms with Gasteiger partial charge in [-0.05, 0) is 35.6 Å². The number of hydrogen-bond acceptors (Lipinski definition) is 1. The summed E-state index contributed by atoms with van der Waals surface area (Å²) < 4.78 is 0. The monoisotopic (exact) mass is 259 g/mol. The van der Waals surface area contributed by atoms with E-state index in [1.165, 1.54) is 22.3 Å². The lowest BCUT2D eigenvalue weighted by Crippen LogP contribution is -2.30. The molecule has 0 spiro atoms. The van der Waals surface area contributed by atoms with Gasteiger partial charge < -0.3 is 5.32 Å². The van der Waals surface area contributed by atoms with Crippen LogP contribution < -0.4 is 5.32 Å². The largest absolute Gasteiger partial charge is 0.306 e. The van der Waals surface area contributed by atoms with Crippen molar-refractivity contribution in [2.45, 2.75) is 19.4 Å². The van der Waals surface area contributed by atoms with Crippen molar-refractivity contribution in [3.63, 3.8) is 0 Å². The van der Waals surface area contributed by atoms with Crippen LogP contribution in [0.15, 0.2) is 48.5 Å². The minimum absolute atomic E-state index is 0. The molecule has 2 aromatic carbocycles. The van der Waals surface area contributed by atoms with E-state index in [9.17, 15) is 0 Å². The Kier molecular flexibility index (Phi) is 4.05. The molecular weight excluding hydrogens is 242 g/mol. The summed E-state index contributed by atoms with van der Waals surface area (Å²) >= 11 is 0. The lowest BCUT2D eigenvalue weighted by molar-refractivity contribution is 0.566. The fraction of sp³-hybridized carbons (Fsp3) is 0.250. The van der Waals surface area contributed by atoms with E-state index >= 15 is 0 Å². The number of benzene rings is 2. The molecule has 2 heteroatoms. The first-order valence-electron chi connectivity index (χ1n) is 6.23. The molecule has 0 saturated heterocycles. The Bertz CT molecular complexity index is 536. The van der Waals surface area contributed by atoms with Gasteiger partial charge in [-0.15, -0.1) is 12.4 Å². The van der Waals surface area contributed by atoms with Crippen LogP contribution in [0.4, 0.5) is 0 Å². The first kappa shape index (κ1) is 13.1. The van der Waals surface area contributed by atoms with Crippen molar-refractivity contribution < 1.29 is 0 Å². The third-order valence-electron chi connectivity index (χ3n) is 3.61. The molecular formula is C16H18ClN. The summed E-state index contributed by atoms with van der Waals surface area (Å²) in [6.45, 7) is 3.25. The van der Waals surface area contributed by atoms with Gasteiger partial charge in [-0.25, -0.2) is 0 Å². The molecule has 0 bridgehead atoms. The van der Waals surface area contributed by atoms with Gasteiger partial charge >= 0.3 is 0 Å². The van der Waals surface area contributed by atoms with Crippen LogP contribution in [-0.4, -0.2) is 6.54 Å². The van der Waals surface area contributed by atoms with Crippen molar-refractivity contribution in [1.82, 2.24) is 5.32 Å². The van der Waals surface area contributed by atoms with Gasteiger partial charge in [0.15, 0.2) is 0 Å². The van der Waals surface area contributed by atoms with Crippen LogP contribution in [-0.2, 0) is 6.42 Å². The van der Waals surface area contributed by atoms with E-state index in [0.29, 0.717) is 6.04 Å². The molecule has 1 nitrogen and oxygen atoms in total. The molecule has 1 aliphatic heterocycles. The molecule has 0 radical (unpaired) electrons. The van der Waals surface area contributed by atoms with Crippen molar-refractivity contribution in [1.29, 1.82) is 0 Å². The molecule has 1 unspecified atom stereocenters. The standard InChI is InChI=1S/C16H17N.ClH/c1-12-6-2-4-8-14(12)16-15-9-5-3-7-13(15)10-11-17-16;/h2-9,16-17H,10-11H2,1H3;1H. The van der Waals surface area contributed by atoms with Crippen LogP contribution in [0, 0.1) is 6.92 Å². The molecule has 1 N–H and O–H groups in total. The zero-order chi connectivity index (χ0) is 11.7. The van der Waals surface area contributed by atoms with E-state index in [1.807, 2.05) is 0 Å². The lowest BCUT2D eigenvalue weighted by atomic mass is 9.88. The summed E-state index contributed by atoms with van der Waals surface area (Å²) in [4.78, 5) is 0. The van der Waals surface area contributed by atoms with Crippen LogP contribution in [0.5, 0.6) is 0 Å². The number of rotatable bonds is 1. The van der Waals surface area contributed by atoms with Gasteiger partial charge in [0.05, 0.1) is 6.04 Å². The van der Waals surface area contributed by atoms with Gasteiger partial charge in [0.1, 0.15) is 0 Å². The number of halogens is 1. The van der Waals surface area contributed by atoms with Crippen molar-refractivity contribution >= 4 is 12.4 Å². The second-order valence-corrected chi connectivity index (χ2v) is 4.69. The van der Waals surface area contributed by atoms with Gasteiger partial charge in [0, 0.05) is 6.54 Å². The van der Waals surface area contributed by atoms with E-state index in [-0.39, 0.29) is 12.4 Å². The Balaban J connectivity index is 0.00000120. The van der Waals surface area contributed by atoms with Crippen LogP contribution in [0.3, 0.4) is 0 Å². The second kappa shape index (κ2) is 5.55. The van der Waals surface area contributed by atoms with Gasteiger partial charge in [0.25, 0.3) is 0 Å². The van der Waals surface area contributed by atoms with Gasteiger partial charge in [-0.3, -0.25) is 0 Å². The average molecular weight is 260 g/mol. The summed E-state index contributed by atoms with van der Waals surface area (Å²) in [5.41, 5.74) is 5.69. The maximum absolute atomic E-state index is 3.63. The molecule has 94 valence electrons. The molecule has 0 aromatic heterocycles. The quantitative estimate of drug-likeness (QED) is 0.824. The van der Waals surface area contributed by atoms with Crippen molar-refractivity contribution in [2.75, 3.05) is 6.54 Å². The molecule has 1 atom stereocenters. The molecule has 0 amide bonds. The fourth-order valence-electron chi connectivity index (χ4n) is 2.69. The smallest absolute Gasteiger partial charge is 0.0582 e. The van der Waals surface area contributed by atoms with Crippen LogP contribution in [0.2, 0.25) is 0 Å². The molecule has 0 aliphatic carbocycles. The van der Waals surface area contributed by atoms with Crippen LogP contribution >= 0.6 is 12.4 Å². The highest BCUT2D eigenvalue weighted by Crippen LogP contribution is 2.29. The predicted octanol–water partition coefficient (Wildman–Crippen LogP) is 3.65. The van der Waals surface area contributed by atoms with Crippen molar-refractivity contribution in [2.24, 2.45) is 0 Å². The summed E-state index contributed by atoms with van der Waals surface area (Å²) in [7, 11) is 0. The summed E-state index contributed by atoms with van der Waals surface area (Å²) in [6, 6.07) is 17.8. The van der Waals surface area contributed by atoms with Crippen molar-refractivity contribution in [3.05, 3.63) is 70.8 Å². The highest BCUT2D eigenvalue weighted by molar-refractivity contribution is 5.85. The lowest BCUT2D eigenvalue weighted by Gasteiger charge is -2.28. The zero-order valence-electron chi connectivity index (χ0n) is 10.5. The summed E-state index contributed by atoms with van der Waals surface area (Å²) in [5.74, 6) is 0. The summed E-state index contributed by atoms with van der Waals surface area (Å²) in [5, 5.41) is 3.63. The average Bonchev–Trinajstić information content (AvgIpc) is 2.39. The SMILES string of the molecule is Cc1ccccc1C1NCCc2ccccc21.Cl. The third-order valence-corrected chi connectivity index (χ3v) is 3.61. The molecule has 2 aromatic rings. The number of nitrogens with one attached hydrogen (secondary N) is 1. The van der Waals surface area contributed by atoms with E-state index in [2.05, 4.69) is 60.8 Å². The minimum Gasteiger partial charge on any atom is -0.306 e. The molecule has 0 fully saturated rings. The maximum Gasteiger partial charge on any atom is 0.0582 e. The second-order valence-electron chi connectivity index (χ2n) is 4.69. The van der Waals surface area contributed by atoms with Crippen LogP contribution in [0.25, 0.3) is 0 Å². The predicted molar refractivity (Wildman–Crippen MR) is 78.4 cm³/mol. The fourth-order valence-corrected chi connectivity index (χ4v) is 2.69. The minimum atomic E-state index is 0. The van der Waals surface area contributed by atoms with Crippen LogP contribution in [0.1, 0.15) is 28.3 Å². The van der Waals surface area contributed by atoms with Gasteiger partial charge in [-0.1, -0.05) is 48.5 Å². The van der Waals surface area contributed by atoms with Crippen molar-refractivity contribution in [3.8, 4) is 0 Å². The van der Waals surface area contributed by atoms with E-state index < -0.39 is 0 Å². The Morgan fingerprint density at radius 1 is 0.944 bits per heavy atom. The molecule has 1 aliphatic rings. The molecule has 0 saturated carbocycles. The first-order valence-corrected chi connectivity index (χ1v) is 6.23. The zero-order valence-corrected chi connectivity index (χ0v) is 11.3. The van der Waals surface area contributed by atoms with E-state index in [4.69, 9.17) is 0 Å². The summed E-state index contributed by atoms with van der Waals surface area (Å²) in [6.07, 6.45) is 1.14. The number of fused-ring (bicyclic) bond motifs is 1. The number of hydrogen-bond donors (Lipinski definition) is 1. The Labute approximate surface area is 115 Å². The third kappa shape index (κ3) is 2.29. The molecule has 3 rings (SSSR count). The molecule has 1 heterocycles. The topological polar surface area (TPSA) is 12.0 Å². The Morgan fingerprint density at radius 3 is 2.39 bits per heavy atom. The first-order chi connectivity index (χ1) is 8.36. The van der Waals surface area contributed by atoms with Gasteiger partial charge in [0.2, 0.25) is 0 Å². The highest BCUT2D eigenvalue weighted by Gasteiger charge is 2.21. The van der Waals surface area contributed by atoms with E-state index in [1.54, 1.807) is 0 Å².